The van der Waals surface area contributed by atoms with Crippen LogP contribution in [0.4, 0.5) is 0 Å². The van der Waals surface area contributed by atoms with Crippen LogP contribution in [0, 0.1) is 6.92 Å². The molecule has 0 spiro atoms. The molecule has 1 fully saturated rings. The Morgan fingerprint density at radius 2 is 1.88 bits per heavy atom. The molecule has 1 nitrogen and oxygen atoms in total. The molecular formula is C15H23N. The number of nitrogens with one attached hydrogen (secondary N) is 1. The third-order valence-corrected chi connectivity index (χ3v) is 3.75. The van der Waals surface area contributed by atoms with E-state index >= 15 is 0 Å². The highest BCUT2D eigenvalue weighted by Gasteiger charge is 2.36. The zero-order valence-electron chi connectivity index (χ0n) is 10.9. The minimum atomic E-state index is 0.147. The largest absolute Gasteiger partial charge is 0.303 e. The first-order valence-corrected chi connectivity index (χ1v) is 6.28. The molecule has 1 heteroatoms. The van der Waals surface area contributed by atoms with Gasteiger partial charge in [0.25, 0.3) is 0 Å². The summed E-state index contributed by atoms with van der Waals surface area (Å²) in [7, 11) is 0. The maximum absolute atomic E-state index is 3.81. The maximum Gasteiger partial charge on any atom is 0.0410 e. The second-order valence-electron chi connectivity index (χ2n) is 6.06. The van der Waals surface area contributed by atoms with Crippen LogP contribution in [-0.2, 0) is 5.54 Å². The van der Waals surface area contributed by atoms with Crippen molar-refractivity contribution in [3.8, 4) is 0 Å². The highest BCUT2D eigenvalue weighted by atomic mass is 15.1. The Bertz CT molecular complexity index is 381. The Labute approximate surface area is 99.3 Å². The molecule has 1 heterocycles. The lowest BCUT2D eigenvalue weighted by Gasteiger charge is -2.45. The van der Waals surface area contributed by atoms with E-state index in [4.69, 9.17) is 0 Å². The SMILES string of the molecule is Cc1cccc(C2(C)CCCC(C)(C)N2)c1. The highest BCUT2D eigenvalue weighted by Crippen LogP contribution is 2.35. The van der Waals surface area contributed by atoms with Crippen LogP contribution in [-0.4, -0.2) is 5.54 Å². The van der Waals surface area contributed by atoms with Gasteiger partial charge in [-0.15, -0.1) is 0 Å². The van der Waals surface area contributed by atoms with Gasteiger partial charge in [0.15, 0.2) is 0 Å². The van der Waals surface area contributed by atoms with Crippen LogP contribution in [0.5, 0.6) is 0 Å². The molecule has 2 rings (SSSR count). The summed E-state index contributed by atoms with van der Waals surface area (Å²) in [5.74, 6) is 0. The van der Waals surface area contributed by atoms with Gasteiger partial charge in [0, 0.05) is 11.1 Å². The molecule has 0 aromatic heterocycles. The minimum Gasteiger partial charge on any atom is -0.303 e. The fraction of sp³-hybridized carbons (Fsp3) is 0.600. The number of aryl methyl sites for hydroxylation is 1. The summed E-state index contributed by atoms with van der Waals surface area (Å²) in [4.78, 5) is 0. The molecule has 1 unspecified atom stereocenters. The molecule has 1 aliphatic heterocycles. The van der Waals surface area contributed by atoms with Crippen molar-refractivity contribution in [2.75, 3.05) is 0 Å². The summed E-state index contributed by atoms with van der Waals surface area (Å²) in [5.41, 5.74) is 3.19. The van der Waals surface area contributed by atoms with Gasteiger partial charge in [-0.1, -0.05) is 29.8 Å². The van der Waals surface area contributed by atoms with Gasteiger partial charge in [-0.3, -0.25) is 0 Å². The second kappa shape index (κ2) is 3.89. The monoisotopic (exact) mass is 217 g/mol. The van der Waals surface area contributed by atoms with E-state index in [0.717, 1.165) is 0 Å². The molecule has 1 saturated heterocycles. The smallest absolute Gasteiger partial charge is 0.0410 e. The Balaban J connectivity index is 2.31. The van der Waals surface area contributed by atoms with Gasteiger partial charge < -0.3 is 5.32 Å². The van der Waals surface area contributed by atoms with E-state index in [0.29, 0.717) is 0 Å². The molecule has 0 saturated carbocycles. The van der Waals surface area contributed by atoms with Crippen molar-refractivity contribution < 1.29 is 0 Å². The summed E-state index contributed by atoms with van der Waals surface area (Å²) in [6, 6.07) is 8.90. The van der Waals surface area contributed by atoms with Crippen LogP contribution in [0.15, 0.2) is 24.3 Å². The molecule has 1 aliphatic rings. The van der Waals surface area contributed by atoms with Gasteiger partial charge in [-0.25, -0.2) is 0 Å². The van der Waals surface area contributed by atoms with Gasteiger partial charge in [0.2, 0.25) is 0 Å². The minimum absolute atomic E-state index is 0.147. The summed E-state index contributed by atoms with van der Waals surface area (Å²) < 4.78 is 0. The first-order valence-electron chi connectivity index (χ1n) is 6.28. The molecule has 0 amide bonds. The van der Waals surface area contributed by atoms with Crippen molar-refractivity contribution >= 4 is 0 Å². The zero-order chi connectivity index (χ0) is 11.8. The van der Waals surface area contributed by atoms with Gasteiger partial charge in [0.05, 0.1) is 0 Å². The van der Waals surface area contributed by atoms with Crippen LogP contribution in [0.25, 0.3) is 0 Å². The van der Waals surface area contributed by atoms with Crippen LogP contribution >= 0.6 is 0 Å². The van der Waals surface area contributed by atoms with E-state index < -0.39 is 0 Å². The topological polar surface area (TPSA) is 12.0 Å². The average molecular weight is 217 g/mol. The normalized spacial score (nSPS) is 29.0. The summed E-state index contributed by atoms with van der Waals surface area (Å²) >= 11 is 0. The van der Waals surface area contributed by atoms with Gasteiger partial charge in [-0.05, 0) is 52.5 Å². The van der Waals surface area contributed by atoms with Crippen molar-refractivity contribution in [3.05, 3.63) is 35.4 Å². The highest BCUT2D eigenvalue weighted by molar-refractivity contribution is 5.29. The lowest BCUT2D eigenvalue weighted by atomic mass is 9.77. The Morgan fingerprint density at radius 3 is 2.50 bits per heavy atom. The molecule has 16 heavy (non-hydrogen) atoms. The van der Waals surface area contributed by atoms with Gasteiger partial charge >= 0.3 is 0 Å². The molecule has 1 aromatic carbocycles. The fourth-order valence-corrected chi connectivity index (χ4v) is 2.96. The number of rotatable bonds is 1. The molecule has 0 bridgehead atoms. The average Bonchev–Trinajstić information content (AvgIpc) is 2.15. The standard InChI is InChI=1S/C15H23N/c1-12-7-5-8-13(11-12)15(4)10-6-9-14(2,3)16-15/h5,7-8,11,16H,6,9-10H2,1-4H3. The van der Waals surface area contributed by atoms with E-state index in [1.54, 1.807) is 0 Å². The molecule has 88 valence electrons. The summed E-state index contributed by atoms with van der Waals surface area (Å²) in [6.07, 6.45) is 3.82. The van der Waals surface area contributed by atoms with Crippen molar-refractivity contribution in [1.29, 1.82) is 0 Å². The molecule has 1 N–H and O–H groups in total. The predicted octanol–water partition coefficient (Wildman–Crippen LogP) is 3.76. The Kier molecular flexibility index (Phi) is 2.83. The number of piperidine rings is 1. The van der Waals surface area contributed by atoms with Crippen LogP contribution < -0.4 is 5.32 Å². The number of hydrogen-bond donors (Lipinski definition) is 1. The molecule has 1 atom stereocenters. The number of benzene rings is 1. The van der Waals surface area contributed by atoms with E-state index in [1.165, 1.54) is 30.4 Å². The van der Waals surface area contributed by atoms with Gasteiger partial charge in [-0.2, -0.15) is 0 Å². The molecular weight excluding hydrogens is 194 g/mol. The Morgan fingerprint density at radius 1 is 1.12 bits per heavy atom. The number of hydrogen-bond acceptors (Lipinski definition) is 1. The molecule has 1 aromatic rings. The van der Waals surface area contributed by atoms with E-state index in [2.05, 4.69) is 57.3 Å². The second-order valence-corrected chi connectivity index (χ2v) is 6.06. The van der Waals surface area contributed by atoms with E-state index in [9.17, 15) is 0 Å². The van der Waals surface area contributed by atoms with Gasteiger partial charge in [0.1, 0.15) is 0 Å². The lowest BCUT2D eigenvalue weighted by molar-refractivity contribution is 0.168. The van der Waals surface area contributed by atoms with E-state index in [-0.39, 0.29) is 11.1 Å². The first-order chi connectivity index (χ1) is 7.41. The van der Waals surface area contributed by atoms with Crippen molar-refractivity contribution in [3.63, 3.8) is 0 Å². The molecule has 0 radical (unpaired) electrons. The third-order valence-electron chi connectivity index (χ3n) is 3.75. The van der Waals surface area contributed by atoms with Crippen LogP contribution in [0.3, 0.4) is 0 Å². The predicted molar refractivity (Wildman–Crippen MR) is 69.6 cm³/mol. The quantitative estimate of drug-likeness (QED) is 0.755. The van der Waals surface area contributed by atoms with E-state index in [1.807, 2.05) is 0 Å². The van der Waals surface area contributed by atoms with Crippen molar-refractivity contribution in [2.24, 2.45) is 0 Å². The third kappa shape index (κ3) is 2.30. The first kappa shape index (κ1) is 11.7. The Hall–Kier alpha value is -0.820. The summed E-state index contributed by atoms with van der Waals surface area (Å²) in [5, 5.41) is 3.81. The lowest BCUT2D eigenvalue weighted by Crippen LogP contribution is -2.54. The fourth-order valence-electron chi connectivity index (χ4n) is 2.96. The summed E-state index contributed by atoms with van der Waals surface area (Å²) in [6.45, 7) is 9.12. The van der Waals surface area contributed by atoms with Crippen molar-refractivity contribution in [2.45, 2.75) is 58.0 Å². The zero-order valence-corrected chi connectivity index (χ0v) is 10.9. The van der Waals surface area contributed by atoms with Crippen molar-refractivity contribution in [1.82, 2.24) is 5.32 Å². The maximum atomic E-state index is 3.81. The molecule has 0 aliphatic carbocycles. The van der Waals surface area contributed by atoms with Crippen LogP contribution in [0.2, 0.25) is 0 Å². The van der Waals surface area contributed by atoms with Crippen LogP contribution in [0.1, 0.15) is 51.2 Å².